The van der Waals surface area contributed by atoms with Crippen LogP contribution in [0.25, 0.3) is 5.69 Å². The first-order valence-corrected chi connectivity index (χ1v) is 8.18. The van der Waals surface area contributed by atoms with E-state index in [1.807, 2.05) is 26.0 Å². The lowest BCUT2D eigenvalue weighted by Gasteiger charge is -2.09. The number of rotatable bonds is 5. The first kappa shape index (κ1) is 20.0. The minimum Gasteiger partial charge on any atom is -0.406 e. The summed E-state index contributed by atoms with van der Waals surface area (Å²) in [5, 5.41) is 4.18. The van der Waals surface area contributed by atoms with Gasteiger partial charge < -0.3 is 4.74 Å². The summed E-state index contributed by atoms with van der Waals surface area (Å²) in [5.74, 6) is 5.74. The summed E-state index contributed by atoms with van der Waals surface area (Å²) >= 11 is 0. The highest BCUT2D eigenvalue weighted by atomic mass is 19.4. The number of nitrogens with zero attached hydrogens (tertiary/aromatic N) is 3. The maximum atomic E-state index is 12.2. The molecular weight excluding hydrogens is 355 g/mol. The molecule has 1 heterocycles. The molecule has 0 bridgehead atoms. The number of aromatic nitrogens is 2. The van der Waals surface area contributed by atoms with E-state index in [2.05, 4.69) is 26.7 Å². The highest BCUT2D eigenvalue weighted by molar-refractivity contribution is 5.85. The molecule has 0 radical (unpaired) electrons. The third kappa shape index (κ3) is 6.86. The average Bonchev–Trinajstić information content (AvgIpc) is 3.08. The van der Waals surface area contributed by atoms with Gasteiger partial charge in [0.15, 0.2) is 0 Å². The van der Waals surface area contributed by atoms with Gasteiger partial charge in [0, 0.05) is 24.2 Å². The van der Waals surface area contributed by atoms with E-state index in [0.29, 0.717) is 11.3 Å². The number of hydrogen-bond acceptors (Lipinski definition) is 3. The van der Waals surface area contributed by atoms with Gasteiger partial charge in [-0.05, 0) is 37.6 Å². The smallest absolute Gasteiger partial charge is 0.406 e. The van der Waals surface area contributed by atoms with Crippen molar-refractivity contribution in [3.63, 3.8) is 0 Å². The zero-order valence-corrected chi connectivity index (χ0v) is 14.9. The van der Waals surface area contributed by atoms with Gasteiger partial charge in [-0.1, -0.05) is 30.9 Å². The topological polar surface area (TPSA) is 39.4 Å². The molecule has 0 fully saturated rings. The average molecular weight is 373 g/mol. The summed E-state index contributed by atoms with van der Waals surface area (Å²) in [4.78, 5) is 4.12. The van der Waals surface area contributed by atoms with E-state index >= 15 is 0 Å². The van der Waals surface area contributed by atoms with Gasteiger partial charge >= 0.3 is 6.36 Å². The van der Waals surface area contributed by atoms with Crippen LogP contribution >= 0.6 is 0 Å². The SMILES string of the molecule is C\C=C/N=C/C(C#Cc1cnn(-c2ccc(OC(F)(F)F)cc2)c1)=C/CC. The molecule has 140 valence electrons. The van der Waals surface area contributed by atoms with Gasteiger partial charge in [-0.2, -0.15) is 5.10 Å². The fraction of sp³-hybridized carbons (Fsp3) is 0.200. The molecule has 0 aliphatic heterocycles. The number of aliphatic imine (C=N–C) groups is 1. The Labute approximate surface area is 155 Å². The van der Waals surface area contributed by atoms with Crippen LogP contribution in [-0.4, -0.2) is 22.4 Å². The number of ether oxygens (including phenoxy) is 1. The van der Waals surface area contributed by atoms with E-state index in [0.717, 1.165) is 12.0 Å². The lowest BCUT2D eigenvalue weighted by molar-refractivity contribution is -0.274. The third-order valence-corrected chi connectivity index (χ3v) is 3.14. The molecule has 0 atom stereocenters. The molecule has 1 aromatic carbocycles. The predicted octanol–water partition coefficient (Wildman–Crippen LogP) is 5.06. The fourth-order valence-corrected chi connectivity index (χ4v) is 2.04. The van der Waals surface area contributed by atoms with Crippen molar-refractivity contribution in [2.45, 2.75) is 26.6 Å². The van der Waals surface area contributed by atoms with Gasteiger partial charge in [0.05, 0.1) is 17.4 Å². The monoisotopic (exact) mass is 373 g/mol. The second-order valence-electron chi connectivity index (χ2n) is 5.29. The zero-order chi connectivity index (χ0) is 19.7. The highest BCUT2D eigenvalue weighted by Crippen LogP contribution is 2.23. The summed E-state index contributed by atoms with van der Waals surface area (Å²) < 4.78 is 42.0. The maximum Gasteiger partial charge on any atom is 0.573 e. The minimum absolute atomic E-state index is 0.284. The van der Waals surface area contributed by atoms with Crippen molar-refractivity contribution >= 4 is 6.21 Å². The zero-order valence-electron chi connectivity index (χ0n) is 14.9. The Hall–Kier alpha value is -3.27. The third-order valence-electron chi connectivity index (χ3n) is 3.14. The predicted molar refractivity (Wildman–Crippen MR) is 98.8 cm³/mol. The van der Waals surface area contributed by atoms with Crippen LogP contribution in [0.15, 0.2) is 65.6 Å². The Morgan fingerprint density at radius 2 is 2.04 bits per heavy atom. The lowest BCUT2D eigenvalue weighted by atomic mass is 10.2. The van der Waals surface area contributed by atoms with Crippen LogP contribution < -0.4 is 4.74 Å². The largest absolute Gasteiger partial charge is 0.573 e. The van der Waals surface area contributed by atoms with E-state index < -0.39 is 6.36 Å². The van der Waals surface area contributed by atoms with Crippen molar-refractivity contribution in [1.29, 1.82) is 0 Å². The molecule has 1 aromatic heterocycles. The van der Waals surface area contributed by atoms with Gasteiger partial charge in [-0.3, -0.25) is 4.99 Å². The summed E-state index contributed by atoms with van der Waals surface area (Å²) in [6.07, 6.45) is 6.54. The molecule has 2 rings (SSSR count). The van der Waals surface area contributed by atoms with Crippen LogP contribution in [0.4, 0.5) is 13.2 Å². The van der Waals surface area contributed by atoms with Crippen molar-refractivity contribution in [3.05, 3.63) is 66.1 Å². The number of allylic oxidation sites excluding steroid dienone is 3. The molecule has 0 spiro atoms. The van der Waals surface area contributed by atoms with Crippen LogP contribution in [0.1, 0.15) is 25.8 Å². The Morgan fingerprint density at radius 1 is 1.30 bits per heavy atom. The van der Waals surface area contributed by atoms with Crippen LogP contribution in [0.5, 0.6) is 5.75 Å². The summed E-state index contributed by atoms with van der Waals surface area (Å²) in [5.41, 5.74) is 2.06. The molecule has 27 heavy (non-hydrogen) atoms. The molecule has 0 saturated heterocycles. The van der Waals surface area contributed by atoms with E-state index in [4.69, 9.17) is 0 Å². The Kier molecular flexibility index (Phi) is 7.00. The molecule has 0 N–H and O–H groups in total. The summed E-state index contributed by atoms with van der Waals surface area (Å²) in [7, 11) is 0. The van der Waals surface area contributed by atoms with Crippen LogP contribution in [0, 0.1) is 11.8 Å². The lowest BCUT2D eigenvalue weighted by Crippen LogP contribution is -2.17. The van der Waals surface area contributed by atoms with Crippen LogP contribution in [0.2, 0.25) is 0 Å². The number of hydrogen-bond donors (Lipinski definition) is 0. The van der Waals surface area contributed by atoms with E-state index in [1.165, 1.54) is 28.9 Å². The van der Waals surface area contributed by atoms with Crippen molar-refractivity contribution in [2.75, 3.05) is 0 Å². The molecule has 0 unspecified atom stereocenters. The van der Waals surface area contributed by atoms with Crippen molar-refractivity contribution in [1.82, 2.24) is 9.78 Å². The van der Waals surface area contributed by atoms with Gasteiger partial charge in [0.2, 0.25) is 0 Å². The van der Waals surface area contributed by atoms with Gasteiger partial charge in [-0.15, -0.1) is 13.2 Å². The molecule has 0 amide bonds. The fourth-order valence-electron chi connectivity index (χ4n) is 2.04. The van der Waals surface area contributed by atoms with Crippen molar-refractivity contribution in [2.24, 2.45) is 4.99 Å². The second-order valence-corrected chi connectivity index (χ2v) is 5.29. The summed E-state index contributed by atoms with van der Waals surface area (Å²) in [6, 6.07) is 5.43. The first-order chi connectivity index (χ1) is 12.9. The molecule has 0 saturated carbocycles. The first-order valence-electron chi connectivity index (χ1n) is 8.18. The molecule has 7 heteroatoms. The molecule has 4 nitrogen and oxygen atoms in total. The Balaban J connectivity index is 2.14. The van der Waals surface area contributed by atoms with Gasteiger partial charge in [0.1, 0.15) is 5.75 Å². The standard InChI is InChI=1S/C20H18F3N3O/c1-3-5-16(13-24-12-4-2)6-7-17-14-25-26(15-17)18-8-10-19(11-9-18)27-20(21,22)23/h4-5,8-15H,3H2,1-2H3/b12-4-,16-5+,24-13+. The number of benzene rings is 1. The Bertz CT molecular complexity index is 895. The van der Waals surface area contributed by atoms with Crippen LogP contribution in [0.3, 0.4) is 0 Å². The number of halogens is 3. The normalized spacial score (nSPS) is 12.4. The second kappa shape index (κ2) is 9.43. The van der Waals surface area contributed by atoms with E-state index in [1.54, 1.807) is 24.8 Å². The van der Waals surface area contributed by atoms with Gasteiger partial charge in [0.25, 0.3) is 0 Å². The Morgan fingerprint density at radius 3 is 2.67 bits per heavy atom. The molecular formula is C20H18F3N3O. The quantitative estimate of drug-likeness (QED) is 0.543. The van der Waals surface area contributed by atoms with Crippen molar-refractivity contribution < 1.29 is 17.9 Å². The van der Waals surface area contributed by atoms with Crippen LogP contribution in [-0.2, 0) is 0 Å². The van der Waals surface area contributed by atoms with Gasteiger partial charge in [-0.25, -0.2) is 4.68 Å². The maximum absolute atomic E-state index is 12.2. The van der Waals surface area contributed by atoms with E-state index in [-0.39, 0.29) is 5.75 Å². The highest BCUT2D eigenvalue weighted by Gasteiger charge is 2.30. The van der Waals surface area contributed by atoms with Crippen molar-refractivity contribution in [3.8, 4) is 23.3 Å². The molecule has 2 aromatic rings. The van der Waals surface area contributed by atoms with E-state index in [9.17, 15) is 13.2 Å². The molecule has 0 aliphatic rings. The minimum atomic E-state index is -4.71. The molecule has 0 aliphatic carbocycles. The number of alkyl halides is 3. The summed E-state index contributed by atoms with van der Waals surface area (Å²) in [6.45, 7) is 3.89.